The van der Waals surface area contributed by atoms with Crippen LogP contribution in [0.5, 0.6) is 0 Å². The second kappa shape index (κ2) is 5.10. The van der Waals surface area contributed by atoms with E-state index in [9.17, 15) is 13.2 Å². The predicted molar refractivity (Wildman–Crippen MR) is 74.7 cm³/mol. The molecule has 1 unspecified atom stereocenters. The van der Waals surface area contributed by atoms with Gasteiger partial charge in [0, 0.05) is 6.20 Å². The maximum Gasteiger partial charge on any atom is 0.338 e. The molecular formula is C13H15N3O4S. The standard InChI is InChI=1S/C13H15N3O4S/c1-20-13(17)9-5-6-16-11(8-9)14-15-12(16)10-4-2-3-7-21(10,18)19/h5-6,8,10H,2-4,7H2,1H3. The van der Waals surface area contributed by atoms with Crippen molar-refractivity contribution in [1.82, 2.24) is 14.6 Å². The molecule has 0 saturated carbocycles. The van der Waals surface area contributed by atoms with Crippen LogP contribution in [0.3, 0.4) is 0 Å². The van der Waals surface area contributed by atoms with Gasteiger partial charge < -0.3 is 4.74 Å². The van der Waals surface area contributed by atoms with Crippen molar-refractivity contribution < 1.29 is 17.9 Å². The summed E-state index contributed by atoms with van der Waals surface area (Å²) in [6.45, 7) is 0. The third-order valence-corrected chi connectivity index (χ3v) is 5.90. The number of carbonyl (C=O) groups is 1. The van der Waals surface area contributed by atoms with Gasteiger partial charge in [0.15, 0.2) is 21.3 Å². The molecule has 2 aromatic heterocycles. The molecule has 1 saturated heterocycles. The normalized spacial score (nSPS) is 21.3. The highest BCUT2D eigenvalue weighted by Crippen LogP contribution is 2.32. The van der Waals surface area contributed by atoms with Crippen LogP contribution in [-0.4, -0.2) is 41.8 Å². The number of ether oxygens (including phenoxy) is 1. The number of sulfone groups is 1. The molecule has 1 aliphatic rings. The Hall–Kier alpha value is -1.96. The monoisotopic (exact) mass is 309 g/mol. The molecule has 112 valence electrons. The van der Waals surface area contributed by atoms with Gasteiger partial charge in [-0.15, -0.1) is 10.2 Å². The Morgan fingerprint density at radius 2 is 2.19 bits per heavy atom. The molecule has 1 fully saturated rings. The molecule has 0 spiro atoms. The van der Waals surface area contributed by atoms with Crippen molar-refractivity contribution in [3.05, 3.63) is 29.7 Å². The van der Waals surface area contributed by atoms with Crippen molar-refractivity contribution >= 4 is 21.5 Å². The first kappa shape index (κ1) is 14.0. The smallest absolute Gasteiger partial charge is 0.338 e. The van der Waals surface area contributed by atoms with Gasteiger partial charge in [0.1, 0.15) is 5.25 Å². The highest BCUT2D eigenvalue weighted by atomic mass is 32.2. The van der Waals surface area contributed by atoms with E-state index in [1.165, 1.54) is 13.2 Å². The van der Waals surface area contributed by atoms with Gasteiger partial charge in [-0.05, 0) is 25.0 Å². The first-order valence-corrected chi connectivity index (χ1v) is 8.39. The number of hydrogen-bond donors (Lipinski definition) is 0. The lowest BCUT2D eigenvalue weighted by molar-refractivity contribution is 0.0600. The lowest BCUT2D eigenvalue weighted by Gasteiger charge is -2.20. The van der Waals surface area contributed by atoms with Gasteiger partial charge in [0.05, 0.1) is 18.4 Å². The van der Waals surface area contributed by atoms with Crippen LogP contribution >= 0.6 is 0 Å². The van der Waals surface area contributed by atoms with E-state index in [0.717, 1.165) is 6.42 Å². The quantitative estimate of drug-likeness (QED) is 0.773. The molecule has 1 atom stereocenters. The van der Waals surface area contributed by atoms with Gasteiger partial charge >= 0.3 is 5.97 Å². The minimum absolute atomic E-state index is 0.187. The molecule has 8 heteroatoms. The van der Waals surface area contributed by atoms with Crippen LogP contribution in [0.25, 0.3) is 5.65 Å². The van der Waals surface area contributed by atoms with Crippen LogP contribution in [0.2, 0.25) is 0 Å². The number of methoxy groups -OCH3 is 1. The molecule has 21 heavy (non-hydrogen) atoms. The number of aromatic nitrogens is 3. The SMILES string of the molecule is COC(=O)c1ccn2c(C3CCCCS3(=O)=O)nnc2c1. The second-order valence-corrected chi connectivity index (χ2v) is 7.35. The number of nitrogens with zero attached hydrogens (tertiary/aromatic N) is 3. The summed E-state index contributed by atoms with van der Waals surface area (Å²) >= 11 is 0. The Labute approximate surface area is 121 Å². The molecule has 0 aromatic carbocycles. The van der Waals surface area contributed by atoms with Crippen LogP contribution in [0.4, 0.5) is 0 Å². The lowest BCUT2D eigenvalue weighted by atomic mass is 10.2. The third-order valence-electron chi connectivity index (χ3n) is 3.72. The van der Waals surface area contributed by atoms with Crippen molar-refractivity contribution in [2.24, 2.45) is 0 Å². The largest absolute Gasteiger partial charge is 0.465 e. The van der Waals surface area contributed by atoms with Crippen molar-refractivity contribution in [2.75, 3.05) is 12.9 Å². The van der Waals surface area contributed by atoms with Gasteiger partial charge in [-0.25, -0.2) is 13.2 Å². The summed E-state index contributed by atoms with van der Waals surface area (Å²) in [5, 5.41) is 7.38. The fourth-order valence-corrected chi connectivity index (χ4v) is 4.52. The van der Waals surface area contributed by atoms with Crippen LogP contribution in [0.1, 0.15) is 40.7 Å². The number of pyridine rings is 1. The number of rotatable bonds is 2. The predicted octanol–water partition coefficient (Wildman–Crippen LogP) is 1.16. The Kier molecular flexibility index (Phi) is 3.40. The third kappa shape index (κ3) is 2.39. The van der Waals surface area contributed by atoms with E-state index in [0.29, 0.717) is 29.9 Å². The molecule has 7 nitrogen and oxygen atoms in total. The fraction of sp³-hybridized carbons (Fsp3) is 0.462. The van der Waals surface area contributed by atoms with Gasteiger partial charge in [-0.2, -0.15) is 0 Å². The van der Waals surface area contributed by atoms with Crippen LogP contribution < -0.4 is 0 Å². The first-order chi connectivity index (χ1) is 10.0. The van der Waals surface area contributed by atoms with Crippen molar-refractivity contribution in [3.8, 4) is 0 Å². The van der Waals surface area contributed by atoms with Gasteiger partial charge in [-0.1, -0.05) is 6.42 Å². The zero-order valence-corrected chi connectivity index (χ0v) is 12.3. The maximum atomic E-state index is 12.2. The summed E-state index contributed by atoms with van der Waals surface area (Å²) < 4.78 is 30.7. The summed E-state index contributed by atoms with van der Waals surface area (Å²) in [7, 11) is -1.88. The van der Waals surface area contributed by atoms with E-state index < -0.39 is 21.1 Å². The Bertz CT molecular complexity index is 797. The minimum atomic E-state index is -3.18. The van der Waals surface area contributed by atoms with Crippen molar-refractivity contribution in [1.29, 1.82) is 0 Å². The van der Waals surface area contributed by atoms with Crippen LogP contribution in [0, 0.1) is 0 Å². The highest BCUT2D eigenvalue weighted by molar-refractivity contribution is 7.91. The summed E-state index contributed by atoms with van der Waals surface area (Å²) in [5.41, 5.74) is 0.795. The molecule has 2 aromatic rings. The molecule has 0 aliphatic carbocycles. The van der Waals surface area contributed by atoms with Gasteiger partial charge in [0.25, 0.3) is 0 Å². The fourth-order valence-electron chi connectivity index (χ4n) is 2.62. The van der Waals surface area contributed by atoms with E-state index in [-0.39, 0.29) is 5.75 Å². The molecule has 0 radical (unpaired) electrons. The number of hydrogen-bond acceptors (Lipinski definition) is 6. The molecule has 0 bridgehead atoms. The average molecular weight is 309 g/mol. The van der Waals surface area contributed by atoms with E-state index in [1.807, 2.05) is 0 Å². The zero-order chi connectivity index (χ0) is 15.0. The van der Waals surface area contributed by atoms with Crippen LogP contribution in [-0.2, 0) is 14.6 Å². The Morgan fingerprint density at radius 3 is 2.90 bits per heavy atom. The second-order valence-electron chi connectivity index (χ2n) is 5.04. The van der Waals surface area contributed by atoms with E-state index >= 15 is 0 Å². The molecule has 3 heterocycles. The average Bonchev–Trinajstić information content (AvgIpc) is 2.88. The van der Waals surface area contributed by atoms with E-state index in [4.69, 9.17) is 0 Å². The lowest BCUT2D eigenvalue weighted by Crippen LogP contribution is -2.23. The summed E-state index contributed by atoms with van der Waals surface area (Å²) in [5.74, 6) is 0.140. The van der Waals surface area contributed by atoms with E-state index in [1.54, 1.807) is 16.7 Å². The Morgan fingerprint density at radius 1 is 1.38 bits per heavy atom. The molecule has 0 amide bonds. The molecule has 0 N–H and O–H groups in total. The molecule has 1 aliphatic heterocycles. The number of esters is 1. The topological polar surface area (TPSA) is 90.6 Å². The highest BCUT2D eigenvalue weighted by Gasteiger charge is 2.33. The maximum absolute atomic E-state index is 12.2. The number of carbonyl (C=O) groups excluding carboxylic acids is 1. The summed E-state index contributed by atoms with van der Waals surface area (Å²) in [6, 6.07) is 3.11. The van der Waals surface area contributed by atoms with Crippen molar-refractivity contribution in [3.63, 3.8) is 0 Å². The Balaban J connectivity index is 2.07. The molecule has 3 rings (SSSR count). The number of fused-ring (bicyclic) bond motifs is 1. The first-order valence-electron chi connectivity index (χ1n) is 6.67. The van der Waals surface area contributed by atoms with Gasteiger partial charge in [0.2, 0.25) is 0 Å². The summed E-state index contributed by atoms with van der Waals surface area (Å²) in [6.07, 6.45) is 3.73. The summed E-state index contributed by atoms with van der Waals surface area (Å²) in [4.78, 5) is 11.5. The minimum Gasteiger partial charge on any atom is -0.465 e. The van der Waals surface area contributed by atoms with Crippen molar-refractivity contribution in [2.45, 2.75) is 24.5 Å². The van der Waals surface area contributed by atoms with Crippen LogP contribution in [0.15, 0.2) is 18.3 Å². The van der Waals surface area contributed by atoms with E-state index in [2.05, 4.69) is 14.9 Å². The zero-order valence-electron chi connectivity index (χ0n) is 11.5. The van der Waals surface area contributed by atoms with Gasteiger partial charge in [-0.3, -0.25) is 4.40 Å². The molecular weight excluding hydrogens is 294 g/mol.